The summed E-state index contributed by atoms with van der Waals surface area (Å²) in [4.78, 5) is 12.5. The zero-order chi connectivity index (χ0) is 26.8. The number of carbonyl (C=O) groups excluding carboxylic acids is 1. The van der Waals surface area contributed by atoms with Gasteiger partial charge in [-0.15, -0.1) is 0 Å². The summed E-state index contributed by atoms with van der Waals surface area (Å²) < 4.78 is 109. The molecule has 0 atom stereocenters. The van der Waals surface area contributed by atoms with Gasteiger partial charge < -0.3 is 5.32 Å². The second-order valence-corrected chi connectivity index (χ2v) is 8.07. The summed E-state index contributed by atoms with van der Waals surface area (Å²) in [6.45, 7) is 0. The number of hydrogen-bond donors (Lipinski definition) is 1. The molecule has 0 aliphatic heterocycles. The van der Waals surface area contributed by atoms with E-state index in [0.29, 0.717) is 17.5 Å². The van der Waals surface area contributed by atoms with Crippen molar-refractivity contribution >= 4 is 5.91 Å². The zero-order valence-electron chi connectivity index (χ0n) is 18.2. The molecule has 36 heavy (non-hydrogen) atoms. The first-order valence-electron chi connectivity index (χ1n) is 9.94. The molecule has 3 heterocycles. The molecule has 4 rings (SSSR count). The molecule has 17 heteroatoms. The lowest BCUT2D eigenvalue weighted by atomic mass is 10.1. The summed E-state index contributed by atoms with van der Waals surface area (Å²) in [7, 11) is 2.14. The minimum atomic E-state index is -6.33. The number of nitriles is 1. The molecule has 0 spiro atoms. The molecule has 3 aromatic rings. The molecule has 1 amide bonds. The maximum atomic E-state index is 13.9. The standard InChI is InChI=1S/C19H14F8N8O/c1-33-11(14(36)29-16(8-28)4-5-16)7-10(30-33)9-3-6-35(31-9)15-12(18(22,23)24)13(32-34(15)2)17(20,21)19(25,26)27/h3,6-7H,4-5H2,1-2H3,(H,29,36). The van der Waals surface area contributed by atoms with Crippen molar-refractivity contribution in [2.24, 2.45) is 14.1 Å². The third-order valence-electron chi connectivity index (χ3n) is 5.45. The fraction of sp³-hybridized carbons (Fsp3) is 0.421. The van der Waals surface area contributed by atoms with Crippen LogP contribution >= 0.6 is 0 Å². The van der Waals surface area contributed by atoms with Gasteiger partial charge in [0.15, 0.2) is 11.5 Å². The Labute approximate surface area is 195 Å². The van der Waals surface area contributed by atoms with E-state index in [-0.39, 0.29) is 21.8 Å². The number of aryl methyl sites for hydroxylation is 2. The highest BCUT2D eigenvalue weighted by Gasteiger charge is 2.64. The van der Waals surface area contributed by atoms with Crippen LogP contribution in [0.4, 0.5) is 35.1 Å². The van der Waals surface area contributed by atoms with Crippen LogP contribution in [0, 0.1) is 11.3 Å². The van der Waals surface area contributed by atoms with Crippen molar-refractivity contribution in [3.05, 3.63) is 35.3 Å². The van der Waals surface area contributed by atoms with E-state index in [4.69, 9.17) is 5.26 Å². The summed E-state index contributed by atoms with van der Waals surface area (Å²) in [5, 5.41) is 22.4. The van der Waals surface area contributed by atoms with E-state index < -0.39 is 46.8 Å². The Morgan fingerprint density at radius 1 is 1.03 bits per heavy atom. The van der Waals surface area contributed by atoms with E-state index in [1.54, 1.807) is 0 Å². The maximum Gasteiger partial charge on any atom is 0.459 e. The molecule has 1 fully saturated rings. The highest BCUT2D eigenvalue weighted by atomic mass is 19.4. The quantitative estimate of drug-likeness (QED) is 0.517. The third-order valence-corrected chi connectivity index (χ3v) is 5.45. The molecule has 1 saturated carbocycles. The van der Waals surface area contributed by atoms with Crippen LogP contribution in [0.2, 0.25) is 0 Å². The molecule has 0 radical (unpaired) electrons. The van der Waals surface area contributed by atoms with Gasteiger partial charge in [0.2, 0.25) is 0 Å². The molecule has 192 valence electrons. The van der Waals surface area contributed by atoms with E-state index in [2.05, 4.69) is 20.6 Å². The number of nitrogens with zero attached hydrogens (tertiary/aromatic N) is 7. The van der Waals surface area contributed by atoms with E-state index >= 15 is 0 Å². The fourth-order valence-corrected chi connectivity index (χ4v) is 3.45. The van der Waals surface area contributed by atoms with Gasteiger partial charge in [0.05, 0.1) is 6.07 Å². The largest absolute Gasteiger partial charge is 0.459 e. The van der Waals surface area contributed by atoms with Crippen LogP contribution in [0.15, 0.2) is 18.3 Å². The predicted octanol–water partition coefficient (Wildman–Crippen LogP) is 3.47. The number of rotatable bonds is 5. The molecule has 0 unspecified atom stereocenters. The normalized spacial score (nSPS) is 15.6. The van der Waals surface area contributed by atoms with Crippen molar-refractivity contribution in [2.45, 2.75) is 36.7 Å². The zero-order valence-corrected chi connectivity index (χ0v) is 18.2. The molecular weight excluding hydrogens is 508 g/mol. The Hall–Kier alpha value is -3.97. The second-order valence-electron chi connectivity index (χ2n) is 8.07. The number of nitrogens with one attached hydrogen (secondary N) is 1. The van der Waals surface area contributed by atoms with E-state index in [9.17, 15) is 39.9 Å². The molecule has 1 N–H and O–H groups in total. The lowest BCUT2D eigenvalue weighted by molar-refractivity contribution is -0.292. The molecule has 0 aromatic carbocycles. The lowest BCUT2D eigenvalue weighted by Gasteiger charge is -2.19. The van der Waals surface area contributed by atoms with Crippen LogP contribution in [-0.4, -0.2) is 47.0 Å². The molecule has 3 aromatic heterocycles. The molecule has 1 aliphatic carbocycles. The van der Waals surface area contributed by atoms with Gasteiger partial charge >= 0.3 is 18.3 Å². The number of aromatic nitrogens is 6. The van der Waals surface area contributed by atoms with Crippen molar-refractivity contribution in [3.63, 3.8) is 0 Å². The van der Waals surface area contributed by atoms with Crippen LogP contribution in [-0.2, 0) is 26.2 Å². The average Bonchev–Trinajstić information content (AvgIpc) is 3.08. The molecule has 9 nitrogen and oxygen atoms in total. The summed E-state index contributed by atoms with van der Waals surface area (Å²) in [6.07, 6.45) is -10.2. The Balaban J connectivity index is 1.74. The van der Waals surface area contributed by atoms with Gasteiger partial charge in [-0.1, -0.05) is 0 Å². The van der Waals surface area contributed by atoms with Crippen LogP contribution in [0.1, 0.15) is 34.6 Å². The molecular formula is C19H14F8N8O. The van der Waals surface area contributed by atoms with Crippen LogP contribution in [0.5, 0.6) is 0 Å². The number of halogens is 8. The van der Waals surface area contributed by atoms with Crippen LogP contribution in [0.25, 0.3) is 17.2 Å². The summed E-state index contributed by atoms with van der Waals surface area (Å²) >= 11 is 0. The highest BCUT2D eigenvalue weighted by Crippen LogP contribution is 2.49. The first-order valence-corrected chi connectivity index (χ1v) is 9.94. The Morgan fingerprint density at radius 3 is 2.19 bits per heavy atom. The summed E-state index contributed by atoms with van der Waals surface area (Å²) in [5.74, 6) is -7.72. The first kappa shape index (κ1) is 25.1. The maximum absolute atomic E-state index is 13.9. The van der Waals surface area contributed by atoms with Crippen molar-refractivity contribution in [1.82, 2.24) is 34.7 Å². The third kappa shape index (κ3) is 4.05. The predicted molar refractivity (Wildman–Crippen MR) is 103 cm³/mol. The van der Waals surface area contributed by atoms with E-state index in [1.165, 1.54) is 13.1 Å². The Morgan fingerprint density at radius 2 is 1.67 bits per heavy atom. The van der Waals surface area contributed by atoms with Gasteiger partial charge in [-0.3, -0.25) is 9.48 Å². The van der Waals surface area contributed by atoms with Gasteiger partial charge in [-0.05, 0) is 25.0 Å². The van der Waals surface area contributed by atoms with Crippen molar-refractivity contribution in [1.29, 1.82) is 5.26 Å². The molecule has 0 bridgehead atoms. The lowest BCUT2D eigenvalue weighted by Crippen LogP contribution is -2.36. The van der Waals surface area contributed by atoms with Crippen LogP contribution in [0.3, 0.4) is 0 Å². The van der Waals surface area contributed by atoms with Gasteiger partial charge in [0.1, 0.15) is 28.2 Å². The van der Waals surface area contributed by atoms with Gasteiger partial charge in [0, 0.05) is 20.3 Å². The Kier molecular flexibility index (Phi) is 5.42. The molecule has 1 aliphatic rings. The van der Waals surface area contributed by atoms with Crippen molar-refractivity contribution in [2.75, 3.05) is 0 Å². The fourth-order valence-electron chi connectivity index (χ4n) is 3.45. The number of alkyl halides is 8. The number of carbonyl (C=O) groups is 1. The molecule has 0 saturated heterocycles. The van der Waals surface area contributed by atoms with Gasteiger partial charge in [-0.2, -0.15) is 55.7 Å². The minimum Gasteiger partial charge on any atom is -0.332 e. The average molecular weight is 522 g/mol. The first-order chi connectivity index (χ1) is 16.5. The van der Waals surface area contributed by atoms with Crippen molar-refractivity contribution in [3.8, 4) is 23.3 Å². The minimum absolute atomic E-state index is 0.00954. The monoisotopic (exact) mass is 522 g/mol. The SMILES string of the molecule is Cn1nc(-c2ccn(-c3c(C(F)(F)F)c(C(F)(F)C(F)(F)F)nn3C)n2)cc1C(=O)NC1(C#N)CC1. The van der Waals surface area contributed by atoms with E-state index in [1.807, 2.05) is 6.07 Å². The van der Waals surface area contributed by atoms with E-state index in [0.717, 1.165) is 24.0 Å². The van der Waals surface area contributed by atoms with Crippen LogP contribution < -0.4 is 5.32 Å². The number of hydrogen-bond acceptors (Lipinski definition) is 5. The van der Waals surface area contributed by atoms with Crippen molar-refractivity contribution < 1.29 is 39.9 Å². The topological polar surface area (TPSA) is 106 Å². The number of amides is 1. The highest BCUT2D eigenvalue weighted by molar-refractivity contribution is 5.94. The second kappa shape index (κ2) is 7.77. The smallest absolute Gasteiger partial charge is 0.332 e. The summed E-state index contributed by atoms with van der Waals surface area (Å²) in [5.41, 5.74) is -5.95. The summed E-state index contributed by atoms with van der Waals surface area (Å²) in [6, 6.07) is 4.33. The Bertz CT molecular complexity index is 1380. The van der Waals surface area contributed by atoms with Gasteiger partial charge in [-0.25, -0.2) is 9.36 Å². The van der Waals surface area contributed by atoms with Gasteiger partial charge in [0.25, 0.3) is 5.91 Å².